The van der Waals surface area contributed by atoms with Crippen molar-refractivity contribution < 1.29 is 32.4 Å². The Kier molecular flexibility index (Phi) is 531. The first-order valence-corrected chi connectivity index (χ1v) is 1.10. The summed E-state index contributed by atoms with van der Waals surface area (Å²) in [7, 11) is 0. The van der Waals surface area contributed by atoms with Crippen LogP contribution in [-0.2, 0) is 16.8 Å². The molecule has 0 aromatic heterocycles. The van der Waals surface area contributed by atoms with Gasteiger partial charge < -0.3 is 66.9 Å². The van der Waals surface area contributed by atoms with Gasteiger partial charge in [0.15, 0.2) is 0 Å². The standard InChI is InChI=1S/Co.2NO3.5H3N.H2O/c;2*2-1(3)4;;;;;;/h;;;5*1H3;1H2/q+2;2*-1;;;;;;. The van der Waals surface area contributed by atoms with E-state index in [2.05, 4.69) is 0 Å². The summed E-state index contributed by atoms with van der Waals surface area (Å²) in [6.07, 6.45) is 0. The molecule has 0 atom stereocenters. The maximum atomic E-state index is 8.25. The Morgan fingerprint density at radius 3 is 0.600 bits per heavy atom. The average molecular weight is 286 g/mol. The van der Waals surface area contributed by atoms with Gasteiger partial charge in [-0.3, -0.25) is 0 Å². The molecule has 0 aromatic carbocycles. The third kappa shape index (κ3) is 810. The average Bonchev–Trinajstić information content (AvgIpc) is 1.25. The number of hydrogen-bond donors (Lipinski definition) is 5. The minimum Gasteiger partial charge on any atom is -0.412 e. The first-order chi connectivity index (χ1) is 3.46. The molecule has 0 aliphatic heterocycles. The summed E-state index contributed by atoms with van der Waals surface area (Å²) in [6, 6.07) is 0. The molecule has 0 fully saturated rings. The van der Waals surface area contributed by atoms with Gasteiger partial charge in [-0.15, -0.1) is 0 Å². The fraction of sp³-hybridized carbons (Fsp3) is 0. The smallest absolute Gasteiger partial charge is 0.412 e. The van der Waals surface area contributed by atoms with E-state index < -0.39 is 10.2 Å². The number of nitrogens with zero attached hydrogens (tertiary/aromatic N) is 2. The van der Waals surface area contributed by atoms with Crippen LogP contribution in [0.2, 0.25) is 0 Å². The van der Waals surface area contributed by atoms with Crippen LogP contribution in [-0.4, -0.2) is 15.6 Å². The molecule has 0 bridgehead atoms. The summed E-state index contributed by atoms with van der Waals surface area (Å²) in [4.78, 5) is 16.5. The zero-order chi connectivity index (χ0) is 7.15. The Labute approximate surface area is 94.7 Å². The maximum Gasteiger partial charge on any atom is 2.00 e. The minimum atomic E-state index is -1.75. The van der Waals surface area contributed by atoms with E-state index in [1.807, 2.05) is 0 Å². The van der Waals surface area contributed by atoms with Gasteiger partial charge in [-0.05, 0) is 0 Å². The zero-order valence-corrected chi connectivity index (χ0v) is 8.75. The molecule has 0 spiro atoms. The van der Waals surface area contributed by atoms with Crippen LogP contribution in [0.1, 0.15) is 0 Å². The third-order valence-electron chi connectivity index (χ3n) is 0. The van der Waals surface area contributed by atoms with Crippen molar-refractivity contribution in [3.63, 3.8) is 0 Å². The monoisotopic (exact) mass is 286 g/mol. The molecule has 0 unspecified atom stereocenters. The number of hydrogen-bond acceptors (Lipinski definition) is 11. The molecule has 0 amide bonds. The molecule has 0 saturated carbocycles. The van der Waals surface area contributed by atoms with E-state index in [0.29, 0.717) is 0 Å². The molecule has 0 rings (SSSR count). The molecule has 0 aromatic rings. The van der Waals surface area contributed by atoms with Crippen LogP contribution in [0, 0.1) is 30.6 Å². The summed E-state index contributed by atoms with van der Waals surface area (Å²) < 4.78 is 0. The molecule has 15 heteroatoms. The first kappa shape index (κ1) is 101. The molecule has 0 aliphatic carbocycles. The van der Waals surface area contributed by atoms with Crippen molar-refractivity contribution in [1.82, 2.24) is 30.8 Å². The summed E-state index contributed by atoms with van der Waals surface area (Å²) >= 11 is 0. The van der Waals surface area contributed by atoms with Crippen molar-refractivity contribution in [2.24, 2.45) is 0 Å². The van der Waals surface area contributed by atoms with Gasteiger partial charge in [-0.25, -0.2) is 0 Å². The second-order valence-corrected chi connectivity index (χ2v) is 0.447. The molecule has 1 radical (unpaired) electrons. The fourth-order valence-corrected chi connectivity index (χ4v) is 0. The largest absolute Gasteiger partial charge is 2.00 e. The van der Waals surface area contributed by atoms with E-state index in [1.54, 1.807) is 0 Å². The van der Waals surface area contributed by atoms with Gasteiger partial charge in [0.2, 0.25) is 0 Å². The van der Waals surface area contributed by atoms with Crippen molar-refractivity contribution in [3.8, 4) is 0 Å². The van der Waals surface area contributed by atoms with Crippen LogP contribution < -0.4 is 30.8 Å². The van der Waals surface area contributed by atoms with Gasteiger partial charge in [0.1, 0.15) is 0 Å². The van der Waals surface area contributed by atoms with Crippen molar-refractivity contribution in [2.45, 2.75) is 0 Å². The normalized spacial score (nSPS) is 3.20. The summed E-state index contributed by atoms with van der Waals surface area (Å²) in [5.74, 6) is 0. The minimum absolute atomic E-state index is 0. The van der Waals surface area contributed by atoms with Gasteiger partial charge in [-0.2, -0.15) is 0 Å². The predicted octanol–water partition coefficient (Wildman–Crippen LogP) is -0.495. The second kappa shape index (κ2) is 79.2. The summed E-state index contributed by atoms with van der Waals surface area (Å²) in [6.45, 7) is 0. The zero-order valence-electron chi connectivity index (χ0n) is 7.71. The molecule has 17 N–H and O–H groups in total. The molecule has 15 heavy (non-hydrogen) atoms. The SMILES string of the molecule is N.N.N.N.N.O.O=[N+]([O-])[O-].O=[N+]([O-])[O-].[Co+2]. The Morgan fingerprint density at radius 2 is 0.600 bits per heavy atom. The van der Waals surface area contributed by atoms with E-state index in [1.165, 1.54) is 0 Å². The van der Waals surface area contributed by atoms with E-state index in [9.17, 15) is 0 Å². The Hall–Kier alpha value is -1.33. The topological polar surface area (TPSA) is 339 Å². The van der Waals surface area contributed by atoms with Crippen LogP contribution in [0.15, 0.2) is 0 Å². The molecule has 103 valence electrons. The summed E-state index contributed by atoms with van der Waals surface area (Å²) in [5, 5.41) is 29.5. The van der Waals surface area contributed by atoms with E-state index >= 15 is 0 Å². The van der Waals surface area contributed by atoms with Gasteiger partial charge in [-0.1, -0.05) is 0 Å². The quantitative estimate of drug-likeness (QED) is 0.278. The molecule has 14 nitrogen and oxygen atoms in total. The Balaban J connectivity index is -0.00000000468. The number of rotatable bonds is 0. The van der Waals surface area contributed by atoms with Gasteiger partial charge in [0.05, 0.1) is 10.2 Å². The van der Waals surface area contributed by atoms with Crippen molar-refractivity contribution in [2.75, 3.05) is 0 Å². The van der Waals surface area contributed by atoms with Gasteiger partial charge in [0, 0.05) is 0 Å². The Bertz CT molecular complexity index is 77.3. The second-order valence-electron chi connectivity index (χ2n) is 0.447. The Morgan fingerprint density at radius 1 is 0.600 bits per heavy atom. The molecular weight excluding hydrogens is 269 g/mol. The van der Waals surface area contributed by atoms with Crippen LogP contribution >= 0.6 is 0 Å². The van der Waals surface area contributed by atoms with E-state index in [0.717, 1.165) is 0 Å². The van der Waals surface area contributed by atoms with Crippen LogP contribution in [0.4, 0.5) is 0 Å². The van der Waals surface area contributed by atoms with Crippen molar-refractivity contribution in [1.29, 1.82) is 0 Å². The van der Waals surface area contributed by atoms with Crippen LogP contribution in [0.3, 0.4) is 0 Å². The first-order valence-electron chi connectivity index (χ1n) is 1.10. The van der Waals surface area contributed by atoms with Crippen LogP contribution in [0.5, 0.6) is 0 Å². The van der Waals surface area contributed by atoms with Crippen molar-refractivity contribution >= 4 is 0 Å². The molecular formula is H17CoN7O7. The molecule has 0 aliphatic rings. The predicted molar refractivity (Wildman–Crippen MR) is 49.4 cm³/mol. The van der Waals surface area contributed by atoms with Crippen LogP contribution in [0.25, 0.3) is 0 Å². The van der Waals surface area contributed by atoms with E-state index in [-0.39, 0.29) is 53.0 Å². The van der Waals surface area contributed by atoms with Crippen molar-refractivity contribution in [3.05, 3.63) is 30.6 Å². The molecule has 0 saturated heterocycles. The van der Waals surface area contributed by atoms with E-state index in [4.69, 9.17) is 30.6 Å². The maximum absolute atomic E-state index is 8.25. The third-order valence-corrected chi connectivity index (χ3v) is 0. The van der Waals surface area contributed by atoms with Gasteiger partial charge >= 0.3 is 16.8 Å². The fourth-order valence-electron chi connectivity index (χ4n) is 0. The van der Waals surface area contributed by atoms with Gasteiger partial charge in [0.25, 0.3) is 0 Å². The summed E-state index contributed by atoms with van der Waals surface area (Å²) in [5.41, 5.74) is 0. The molecule has 0 heterocycles.